The van der Waals surface area contributed by atoms with E-state index in [-0.39, 0.29) is 48.6 Å². The highest BCUT2D eigenvalue weighted by atomic mass is 19.4. The van der Waals surface area contributed by atoms with E-state index >= 15 is 0 Å². The van der Waals surface area contributed by atoms with Crippen molar-refractivity contribution in [1.29, 1.82) is 0 Å². The number of nitrogens with one attached hydrogen (secondary N) is 1. The van der Waals surface area contributed by atoms with Crippen molar-refractivity contribution in [3.63, 3.8) is 0 Å². The number of halogens is 8. The molecule has 2 aromatic heterocycles. The number of carboxylic acid groups (broad SMARTS) is 1. The van der Waals surface area contributed by atoms with Gasteiger partial charge in [0, 0.05) is 66.8 Å². The summed E-state index contributed by atoms with van der Waals surface area (Å²) < 4.78 is 119. The van der Waals surface area contributed by atoms with Crippen molar-refractivity contribution in [2.24, 2.45) is 29.1 Å². The third kappa shape index (κ3) is 6.48. The number of carboxylic acids is 1. The molecule has 1 aromatic carbocycles. The zero-order valence-corrected chi connectivity index (χ0v) is 30.2. The number of rotatable bonds is 8. The van der Waals surface area contributed by atoms with Gasteiger partial charge in [0.15, 0.2) is 11.5 Å². The Hall–Kier alpha value is -4.02. The summed E-state index contributed by atoms with van der Waals surface area (Å²) in [4.78, 5) is 36.0. The van der Waals surface area contributed by atoms with Crippen LogP contribution in [0.5, 0.6) is 5.75 Å². The minimum absolute atomic E-state index is 0.101. The van der Waals surface area contributed by atoms with Gasteiger partial charge >= 0.3 is 18.3 Å². The Bertz CT molecular complexity index is 2030. The van der Waals surface area contributed by atoms with Gasteiger partial charge in [-0.2, -0.15) is 26.3 Å². The first-order chi connectivity index (χ1) is 26.3. The molecule has 6 saturated carbocycles. The Balaban J connectivity index is 1.01. The summed E-state index contributed by atoms with van der Waals surface area (Å²) in [6, 6.07) is 4.49. The minimum Gasteiger partial charge on any atom is -0.490 e. The largest absolute Gasteiger partial charge is 0.490 e. The fourth-order valence-electron chi connectivity index (χ4n) is 11.5. The normalized spacial score (nSPS) is 31.0. The molecular formula is C39H41F8N5O4. The molecule has 7 fully saturated rings. The summed E-state index contributed by atoms with van der Waals surface area (Å²) in [6.07, 6.45) is -3.43. The molecule has 9 nitrogen and oxygen atoms in total. The number of hydrogen-bond acceptors (Lipinski definition) is 6. The molecule has 10 rings (SSSR count). The molecule has 1 aliphatic heterocycles. The van der Waals surface area contributed by atoms with Crippen LogP contribution in [0.3, 0.4) is 0 Å². The summed E-state index contributed by atoms with van der Waals surface area (Å²) in [5, 5.41) is 13.4. The number of amides is 1. The van der Waals surface area contributed by atoms with Gasteiger partial charge < -0.3 is 19.7 Å². The number of likely N-dealkylation sites (tertiary alicyclic amines) is 1. The fourth-order valence-corrected chi connectivity index (χ4v) is 11.5. The standard InChI is InChI=1S/C39H41F8N5O4/c40-36(41)5-3-24(4-6-36)52-16-29(27-2-1-25(12-30(27)52)56-26-13-35(14-26)17-51(18-35)19-37(42,43)44)32-48-15-28(31(49-32)39(45,46)47)33(53)50-38(34(54)55)22-8-20-7-21(10-22)11-23(38)9-20/h1-2,12,15-16,20-24,26H,3-11,13-14,17-19H2,(H,50,53)(H,54,55). The van der Waals surface area contributed by atoms with Crippen LogP contribution in [-0.2, 0) is 11.0 Å². The Morgan fingerprint density at radius 1 is 0.946 bits per heavy atom. The number of nitrogens with zero attached hydrogens (tertiary/aromatic N) is 4. The van der Waals surface area contributed by atoms with E-state index in [1.165, 1.54) is 11.1 Å². The lowest BCUT2D eigenvalue weighted by Gasteiger charge is -2.59. The SMILES string of the molecule is O=C(NC1(C(=O)O)C2CC3CC(C2)CC1C3)c1cnc(-c2cn(C3CCC(F)(F)CC3)c3cc(OC4CC5(C4)CN(CC(F)(F)F)C5)ccc23)nc1C(F)(F)F. The number of ether oxygens (including phenoxy) is 1. The van der Waals surface area contributed by atoms with Crippen LogP contribution in [-0.4, -0.2) is 79.8 Å². The van der Waals surface area contributed by atoms with Crippen LogP contribution in [0, 0.1) is 29.1 Å². The van der Waals surface area contributed by atoms with Crippen molar-refractivity contribution in [3.05, 3.63) is 41.9 Å². The highest BCUT2D eigenvalue weighted by Crippen LogP contribution is 2.58. The van der Waals surface area contributed by atoms with E-state index in [1.54, 1.807) is 22.8 Å². The van der Waals surface area contributed by atoms with Gasteiger partial charge in [-0.3, -0.25) is 9.69 Å². The monoisotopic (exact) mass is 795 g/mol. The molecule has 0 unspecified atom stereocenters. The molecule has 1 amide bonds. The van der Waals surface area contributed by atoms with Crippen molar-refractivity contribution in [2.75, 3.05) is 19.6 Å². The second kappa shape index (κ2) is 12.7. The maximum absolute atomic E-state index is 14.8. The Labute approximate surface area is 316 Å². The van der Waals surface area contributed by atoms with Gasteiger partial charge in [0.2, 0.25) is 5.92 Å². The molecule has 3 heterocycles. The molecule has 1 spiro atoms. The third-order valence-corrected chi connectivity index (χ3v) is 13.7. The predicted molar refractivity (Wildman–Crippen MR) is 184 cm³/mol. The van der Waals surface area contributed by atoms with E-state index in [4.69, 9.17) is 4.74 Å². The molecule has 2 N–H and O–H groups in total. The van der Waals surface area contributed by atoms with E-state index < -0.39 is 71.4 Å². The van der Waals surface area contributed by atoms with E-state index in [1.807, 2.05) is 0 Å². The lowest BCUT2D eigenvalue weighted by molar-refractivity contribution is -0.190. The number of fused-ring (bicyclic) bond motifs is 1. The quantitative estimate of drug-likeness (QED) is 0.221. The number of aliphatic carboxylic acids is 1. The molecule has 302 valence electrons. The van der Waals surface area contributed by atoms with Gasteiger partial charge in [-0.25, -0.2) is 23.5 Å². The van der Waals surface area contributed by atoms with Crippen LogP contribution in [0.2, 0.25) is 0 Å². The highest BCUT2D eigenvalue weighted by molar-refractivity contribution is 6.00. The van der Waals surface area contributed by atoms with E-state index in [0.29, 0.717) is 80.1 Å². The number of carbonyl (C=O) groups excluding carboxylic acids is 1. The van der Waals surface area contributed by atoms with Gasteiger partial charge in [0.05, 0.1) is 23.7 Å². The van der Waals surface area contributed by atoms with E-state index in [9.17, 15) is 49.8 Å². The summed E-state index contributed by atoms with van der Waals surface area (Å²) in [5.41, 5.74) is -3.68. The summed E-state index contributed by atoms with van der Waals surface area (Å²) in [5.74, 6) is -5.37. The number of hydrogen-bond donors (Lipinski definition) is 2. The average Bonchev–Trinajstić information content (AvgIpc) is 3.45. The molecule has 1 saturated heterocycles. The molecule has 7 aliphatic rings. The average molecular weight is 796 g/mol. The van der Waals surface area contributed by atoms with Crippen LogP contribution in [0.15, 0.2) is 30.6 Å². The Kier molecular flexibility index (Phi) is 8.54. The minimum atomic E-state index is -5.12. The van der Waals surface area contributed by atoms with Gasteiger partial charge in [0.25, 0.3) is 5.91 Å². The van der Waals surface area contributed by atoms with Crippen molar-refractivity contribution in [2.45, 2.75) is 107 Å². The lowest BCUT2D eigenvalue weighted by atomic mass is 9.48. The molecule has 6 aliphatic carbocycles. The molecule has 3 aromatic rings. The van der Waals surface area contributed by atoms with Crippen LogP contribution >= 0.6 is 0 Å². The van der Waals surface area contributed by atoms with Crippen LogP contribution < -0.4 is 10.1 Å². The second-order valence-corrected chi connectivity index (χ2v) is 17.5. The zero-order valence-electron chi connectivity index (χ0n) is 30.2. The summed E-state index contributed by atoms with van der Waals surface area (Å²) >= 11 is 0. The smallest absolute Gasteiger partial charge is 0.434 e. The highest BCUT2D eigenvalue weighted by Gasteiger charge is 2.62. The van der Waals surface area contributed by atoms with Crippen LogP contribution in [0.25, 0.3) is 22.3 Å². The van der Waals surface area contributed by atoms with Crippen LogP contribution in [0.4, 0.5) is 35.1 Å². The van der Waals surface area contributed by atoms with Crippen LogP contribution in [0.1, 0.15) is 92.7 Å². The summed E-state index contributed by atoms with van der Waals surface area (Å²) in [7, 11) is 0. The number of carbonyl (C=O) groups is 2. The first-order valence-corrected chi connectivity index (χ1v) is 19.3. The van der Waals surface area contributed by atoms with Gasteiger partial charge in [-0.15, -0.1) is 0 Å². The first-order valence-electron chi connectivity index (χ1n) is 19.3. The molecular weight excluding hydrogens is 754 g/mol. The Morgan fingerprint density at radius 2 is 1.59 bits per heavy atom. The van der Waals surface area contributed by atoms with Crippen molar-refractivity contribution in [1.82, 2.24) is 24.8 Å². The van der Waals surface area contributed by atoms with Gasteiger partial charge in [-0.1, -0.05) is 0 Å². The lowest BCUT2D eigenvalue weighted by Crippen LogP contribution is -2.70. The van der Waals surface area contributed by atoms with Crippen molar-refractivity contribution in [3.8, 4) is 17.1 Å². The molecule has 0 radical (unpaired) electrons. The first kappa shape index (κ1) is 37.6. The number of alkyl halides is 8. The number of benzene rings is 1. The topological polar surface area (TPSA) is 110 Å². The molecule has 17 heteroatoms. The zero-order chi connectivity index (χ0) is 39.6. The predicted octanol–water partition coefficient (Wildman–Crippen LogP) is 8.28. The number of aromatic nitrogens is 3. The van der Waals surface area contributed by atoms with Gasteiger partial charge in [-0.05, 0) is 93.6 Å². The van der Waals surface area contributed by atoms with Gasteiger partial charge in [0.1, 0.15) is 11.3 Å². The van der Waals surface area contributed by atoms with E-state index in [0.717, 1.165) is 12.6 Å². The molecule has 0 atom stereocenters. The third-order valence-electron chi connectivity index (χ3n) is 13.7. The summed E-state index contributed by atoms with van der Waals surface area (Å²) in [6.45, 7) is -0.306. The van der Waals surface area contributed by atoms with Crippen molar-refractivity contribution < 1.29 is 54.6 Å². The Morgan fingerprint density at radius 3 is 2.18 bits per heavy atom. The maximum Gasteiger partial charge on any atom is 0.434 e. The molecule has 56 heavy (non-hydrogen) atoms. The fraction of sp³-hybridized carbons (Fsp3) is 0.641. The molecule has 4 bridgehead atoms. The second-order valence-electron chi connectivity index (χ2n) is 17.5. The van der Waals surface area contributed by atoms with E-state index in [2.05, 4.69) is 15.3 Å². The van der Waals surface area contributed by atoms with Crippen molar-refractivity contribution >= 4 is 22.8 Å². The maximum atomic E-state index is 14.8.